The molecule has 0 aromatic heterocycles. The average Bonchev–Trinajstić information content (AvgIpc) is 3.96. The minimum atomic E-state index is -1.30. The quantitative estimate of drug-likeness (QED) is 0.0986. The predicted molar refractivity (Wildman–Crippen MR) is 208 cm³/mol. The number of carbonyl (C=O) groups excluding carboxylic acids is 7. The van der Waals surface area contributed by atoms with Crippen molar-refractivity contribution in [1.82, 2.24) is 31.9 Å². The molecule has 0 bridgehead atoms. The number of carbonyl (C=O) groups is 7. The van der Waals surface area contributed by atoms with Crippen LogP contribution in [-0.2, 0) is 80.9 Å². The zero-order valence-corrected chi connectivity index (χ0v) is 37.0. The zero-order chi connectivity index (χ0) is 46.2. The fourth-order valence-electron chi connectivity index (χ4n) is 7.93. The Morgan fingerprint density at radius 2 is 0.841 bits per heavy atom. The van der Waals surface area contributed by atoms with Crippen LogP contribution in [0.3, 0.4) is 0 Å². The molecule has 24 heteroatoms. The maximum atomic E-state index is 13.5. The maximum absolute atomic E-state index is 13.5. The third-order valence-corrected chi connectivity index (χ3v) is 10.4. The predicted octanol–water partition coefficient (Wildman–Crippen LogP) is -1.83. The highest BCUT2D eigenvalue weighted by Gasteiger charge is 2.60. The van der Waals surface area contributed by atoms with Gasteiger partial charge in [0.1, 0.15) is 23.9 Å². The summed E-state index contributed by atoms with van der Waals surface area (Å²) in [6, 6.07) is -2.95. The van der Waals surface area contributed by atoms with Crippen LogP contribution >= 0.6 is 0 Å². The second-order valence-corrected chi connectivity index (χ2v) is 18.1. The van der Waals surface area contributed by atoms with E-state index in [9.17, 15) is 33.6 Å². The molecule has 24 nitrogen and oxygen atoms in total. The molecule has 6 saturated heterocycles. The number of hydrogen-bond acceptors (Lipinski definition) is 18. The molecule has 6 aliphatic heterocycles. The average molecular weight is 901 g/mol. The monoisotopic (exact) mass is 900 g/mol. The lowest BCUT2D eigenvalue weighted by molar-refractivity contribution is -0.213. The molecule has 6 N–H and O–H groups in total. The van der Waals surface area contributed by atoms with Crippen molar-refractivity contribution < 1.29 is 85.7 Å². The Hall–Kier alpha value is -4.27. The number of methoxy groups -OCH3 is 1. The van der Waals surface area contributed by atoms with Crippen molar-refractivity contribution in [3.05, 3.63) is 0 Å². The number of fused-ring (bicyclic) bond motifs is 3. The molecule has 0 saturated carbocycles. The molecule has 0 radical (unpaired) electrons. The van der Waals surface area contributed by atoms with Crippen LogP contribution < -0.4 is 31.9 Å². The van der Waals surface area contributed by atoms with E-state index in [4.69, 9.17) is 52.1 Å². The molecule has 0 aliphatic carbocycles. The minimum Gasteiger partial charge on any atom is -0.467 e. The van der Waals surface area contributed by atoms with E-state index in [1.807, 2.05) is 0 Å². The molecule has 0 unspecified atom stereocenters. The van der Waals surface area contributed by atoms with Gasteiger partial charge >= 0.3 is 12.1 Å². The summed E-state index contributed by atoms with van der Waals surface area (Å²) in [7, 11) is 1.19. The smallest absolute Gasteiger partial charge is 0.407 e. The lowest BCUT2D eigenvalue weighted by Crippen LogP contribution is -2.55. The number of ether oxygens (including phenoxy) is 11. The molecule has 6 aliphatic rings. The third-order valence-electron chi connectivity index (χ3n) is 10.4. The number of nitrogens with one attached hydrogen (secondary N) is 6. The molecule has 6 rings (SSSR count). The Morgan fingerprint density at radius 1 is 0.508 bits per heavy atom. The number of rotatable bonds is 15. The van der Waals surface area contributed by atoms with Crippen LogP contribution in [0.25, 0.3) is 0 Å². The van der Waals surface area contributed by atoms with E-state index < -0.39 is 138 Å². The first-order valence-electron chi connectivity index (χ1n) is 20.9. The molecule has 0 aromatic rings. The van der Waals surface area contributed by atoms with E-state index in [1.54, 1.807) is 62.3 Å². The molecule has 63 heavy (non-hydrogen) atoms. The normalized spacial score (nSPS) is 34.2. The number of alkyl carbamates (subject to hydrolysis) is 1. The van der Waals surface area contributed by atoms with E-state index in [0.717, 1.165) is 0 Å². The van der Waals surface area contributed by atoms with Crippen molar-refractivity contribution in [3.63, 3.8) is 0 Å². The van der Waals surface area contributed by atoms with Crippen molar-refractivity contribution in [2.45, 2.75) is 178 Å². The van der Waals surface area contributed by atoms with Gasteiger partial charge in [-0.05, 0) is 62.3 Å². The first kappa shape index (κ1) is 48.2. The molecule has 6 fully saturated rings. The Labute approximate surface area is 363 Å². The summed E-state index contributed by atoms with van der Waals surface area (Å²) in [5.41, 5.74) is -0.721. The highest BCUT2D eigenvalue weighted by molar-refractivity contribution is 5.87. The van der Waals surface area contributed by atoms with Gasteiger partial charge in [0, 0.05) is 38.9 Å². The summed E-state index contributed by atoms with van der Waals surface area (Å²) in [5.74, 6) is -6.83. The van der Waals surface area contributed by atoms with Gasteiger partial charge < -0.3 is 84.0 Å². The SMILES string of the molecule is COC(=O)[C@H]1O[C@@H]2OC(C)(C)O[C@@H]2[C@H]1NC(=O)CCNC(=O)[C@H]1O[C@@H]2OC(C)(C)O[C@@H]2[C@@H]1NC(=O)CCNC(=O)[C@H]1O[C@@H]2OC(C)(C)O[C@@H]2[C@@H]1NC(=O)CCNC(=O)OC(C)(C)C. The highest BCUT2D eigenvalue weighted by Crippen LogP contribution is 2.40. The summed E-state index contributed by atoms with van der Waals surface area (Å²) in [6.45, 7) is 14.7. The number of esters is 1. The van der Waals surface area contributed by atoms with Gasteiger partial charge in [0.2, 0.25) is 17.7 Å². The first-order valence-corrected chi connectivity index (χ1v) is 20.9. The van der Waals surface area contributed by atoms with Gasteiger partial charge in [-0.2, -0.15) is 0 Å². The Kier molecular flexibility index (Phi) is 14.3. The summed E-state index contributed by atoms with van der Waals surface area (Å²) in [6.07, 6.45) is -10.5. The fourth-order valence-corrected chi connectivity index (χ4v) is 7.93. The number of amides is 6. The molecular formula is C39H60N6O18. The van der Waals surface area contributed by atoms with Crippen LogP contribution in [0.15, 0.2) is 0 Å². The standard InChI is InChI=1S/C39H60N6O18/c1-36(2,3)63-35(52)42-16-13-19(48)44-21-24(55-33-27(21)58-38(6,7)61-33)30(50)40-14-11-17(46)43-20-23(54-32-26(20)57-37(4,5)60-32)29(49)41-15-12-18(47)45-22-25(31(51)53-10)56-34-28(22)59-39(8,9)62-34/h20-28,32-34H,11-16H2,1-10H3,(H,40,50)(H,41,49)(H,42,52)(H,43,46)(H,44,48)(H,45,47)/t20-,21-,22+,23+,24+,25+,26-,27-,28-,32-,33-,34-/m1/s1. The lowest BCUT2D eigenvalue weighted by atomic mass is 10.1. The highest BCUT2D eigenvalue weighted by atomic mass is 16.9. The molecule has 6 amide bonds. The molecule has 0 spiro atoms. The van der Waals surface area contributed by atoms with Crippen molar-refractivity contribution in [2.75, 3.05) is 26.7 Å². The van der Waals surface area contributed by atoms with E-state index in [-0.39, 0.29) is 38.9 Å². The largest absolute Gasteiger partial charge is 0.467 e. The molecule has 6 heterocycles. The lowest BCUT2D eigenvalue weighted by Gasteiger charge is -2.27. The van der Waals surface area contributed by atoms with Gasteiger partial charge in [-0.1, -0.05) is 0 Å². The number of hydrogen-bond donors (Lipinski definition) is 6. The van der Waals surface area contributed by atoms with E-state index in [0.29, 0.717) is 0 Å². The molecule has 12 atom stereocenters. The van der Waals surface area contributed by atoms with Gasteiger partial charge in [-0.3, -0.25) is 24.0 Å². The summed E-state index contributed by atoms with van der Waals surface area (Å²) < 4.78 is 62.5. The van der Waals surface area contributed by atoms with Crippen LogP contribution in [0.5, 0.6) is 0 Å². The van der Waals surface area contributed by atoms with Crippen molar-refractivity contribution in [3.8, 4) is 0 Å². The van der Waals surface area contributed by atoms with Crippen molar-refractivity contribution >= 4 is 41.6 Å². The van der Waals surface area contributed by atoms with Gasteiger partial charge in [-0.25, -0.2) is 9.59 Å². The maximum Gasteiger partial charge on any atom is 0.407 e. The summed E-state index contributed by atoms with van der Waals surface area (Å²) in [5, 5.41) is 16.0. The van der Waals surface area contributed by atoms with Crippen molar-refractivity contribution in [1.29, 1.82) is 0 Å². The van der Waals surface area contributed by atoms with Gasteiger partial charge in [0.05, 0.1) is 25.2 Å². The first-order chi connectivity index (χ1) is 29.3. The van der Waals surface area contributed by atoms with Crippen LogP contribution in [0.2, 0.25) is 0 Å². The van der Waals surface area contributed by atoms with Crippen molar-refractivity contribution in [2.24, 2.45) is 0 Å². The van der Waals surface area contributed by atoms with Crippen LogP contribution in [0.1, 0.15) is 81.6 Å². The Morgan fingerprint density at radius 3 is 1.19 bits per heavy atom. The minimum absolute atomic E-state index is 0.0396. The van der Waals surface area contributed by atoms with Gasteiger partial charge in [0.15, 0.2) is 54.5 Å². The summed E-state index contributed by atoms with van der Waals surface area (Å²) >= 11 is 0. The van der Waals surface area contributed by atoms with Crippen LogP contribution in [-0.4, -0.2) is 165 Å². The van der Waals surface area contributed by atoms with E-state index in [2.05, 4.69) is 31.9 Å². The van der Waals surface area contributed by atoms with E-state index >= 15 is 0 Å². The Balaban J connectivity index is 0.990. The topological polar surface area (TPSA) is 293 Å². The van der Waals surface area contributed by atoms with Crippen LogP contribution in [0, 0.1) is 0 Å². The second-order valence-electron chi connectivity index (χ2n) is 18.1. The third kappa shape index (κ3) is 11.9. The van der Waals surface area contributed by atoms with Gasteiger partial charge in [0.25, 0.3) is 11.8 Å². The second kappa shape index (κ2) is 18.7. The van der Waals surface area contributed by atoms with E-state index in [1.165, 1.54) is 7.11 Å². The molecule has 0 aromatic carbocycles. The van der Waals surface area contributed by atoms with Gasteiger partial charge in [-0.15, -0.1) is 0 Å². The zero-order valence-electron chi connectivity index (χ0n) is 37.0. The molecular weight excluding hydrogens is 840 g/mol. The van der Waals surface area contributed by atoms with Crippen LogP contribution in [0.4, 0.5) is 4.79 Å². The fraction of sp³-hybridized carbons (Fsp3) is 0.821. The Bertz CT molecular complexity index is 1770. The summed E-state index contributed by atoms with van der Waals surface area (Å²) in [4.78, 5) is 90.7. The molecule has 354 valence electrons.